The second kappa shape index (κ2) is 3.44. The molecule has 0 unspecified atom stereocenters. The highest BCUT2D eigenvalue weighted by molar-refractivity contribution is 5.94. The molecule has 2 amide bonds. The minimum absolute atomic E-state index is 0.0440. The Morgan fingerprint density at radius 3 is 2.43 bits per heavy atom. The molecule has 0 saturated heterocycles. The van der Waals surface area contributed by atoms with Gasteiger partial charge >= 0.3 is 0 Å². The maximum Gasteiger partial charge on any atom is 0.246 e. The van der Waals surface area contributed by atoms with Crippen LogP contribution in [0.3, 0.4) is 0 Å². The van der Waals surface area contributed by atoms with E-state index in [4.69, 9.17) is 5.73 Å². The van der Waals surface area contributed by atoms with Crippen molar-refractivity contribution in [2.24, 2.45) is 5.73 Å². The third-order valence-electron chi connectivity index (χ3n) is 2.20. The van der Waals surface area contributed by atoms with Crippen molar-refractivity contribution in [3.05, 3.63) is 11.8 Å². The molecule has 1 aliphatic rings. The molecule has 0 saturated carbocycles. The van der Waals surface area contributed by atoms with E-state index in [-0.39, 0.29) is 11.4 Å². The first kappa shape index (κ1) is 10.8. The van der Waals surface area contributed by atoms with Gasteiger partial charge < -0.3 is 10.6 Å². The molecule has 0 spiro atoms. The molecule has 0 aromatic rings. The monoisotopic (exact) mass is 196 g/mol. The van der Waals surface area contributed by atoms with Gasteiger partial charge in [0.15, 0.2) is 0 Å². The van der Waals surface area contributed by atoms with Crippen LogP contribution in [0.1, 0.15) is 33.6 Å². The van der Waals surface area contributed by atoms with E-state index in [1.165, 1.54) is 0 Å². The lowest BCUT2D eigenvalue weighted by Gasteiger charge is -2.35. The van der Waals surface area contributed by atoms with Crippen LogP contribution in [-0.2, 0) is 9.59 Å². The van der Waals surface area contributed by atoms with Gasteiger partial charge in [-0.05, 0) is 27.2 Å². The van der Waals surface area contributed by atoms with E-state index in [1.807, 2.05) is 20.8 Å². The van der Waals surface area contributed by atoms with Crippen LogP contribution >= 0.6 is 0 Å². The van der Waals surface area contributed by atoms with Crippen LogP contribution in [0.15, 0.2) is 11.8 Å². The summed E-state index contributed by atoms with van der Waals surface area (Å²) in [4.78, 5) is 24.1. The molecule has 1 heterocycles. The molecule has 14 heavy (non-hydrogen) atoms. The van der Waals surface area contributed by atoms with Crippen molar-refractivity contribution in [1.82, 2.24) is 4.90 Å². The molecule has 2 N–H and O–H groups in total. The second-order valence-corrected chi connectivity index (χ2v) is 4.45. The lowest BCUT2D eigenvalue weighted by atomic mass is 10.00. The molecule has 0 bridgehead atoms. The second-order valence-electron chi connectivity index (χ2n) is 4.45. The highest BCUT2D eigenvalue weighted by atomic mass is 16.2. The Hall–Kier alpha value is -1.32. The highest BCUT2D eigenvalue weighted by Crippen LogP contribution is 2.23. The zero-order valence-corrected chi connectivity index (χ0v) is 8.83. The predicted molar refractivity (Wildman–Crippen MR) is 53.1 cm³/mol. The van der Waals surface area contributed by atoms with Crippen LogP contribution in [0.25, 0.3) is 0 Å². The van der Waals surface area contributed by atoms with E-state index < -0.39 is 5.91 Å². The smallest absolute Gasteiger partial charge is 0.246 e. The Balaban J connectivity index is 2.98. The summed E-state index contributed by atoms with van der Waals surface area (Å²) in [6, 6.07) is 0. The molecule has 0 aromatic heterocycles. The van der Waals surface area contributed by atoms with Gasteiger partial charge in [0, 0.05) is 23.7 Å². The van der Waals surface area contributed by atoms with Crippen LogP contribution in [0.4, 0.5) is 0 Å². The van der Waals surface area contributed by atoms with Crippen LogP contribution in [0.5, 0.6) is 0 Å². The number of primary amides is 1. The van der Waals surface area contributed by atoms with Gasteiger partial charge in [-0.25, -0.2) is 0 Å². The van der Waals surface area contributed by atoms with E-state index in [1.54, 1.807) is 11.1 Å². The fraction of sp³-hybridized carbons (Fsp3) is 0.600. The predicted octanol–water partition coefficient (Wildman–Crippen LogP) is 0.777. The van der Waals surface area contributed by atoms with Gasteiger partial charge in [0.05, 0.1) is 0 Å². The molecule has 0 aliphatic carbocycles. The van der Waals surface area contributed by atoms with Gasteiger partial charge in [-0.1, -0.05) is 0 Å². The van der Waals surface area contributed by atoms with E-state index in [2.05, 4.69) is 0 Å². The fourth-order valence-electron chi connectivity index (χ4n) is 1.41. The Kier molecular flexibility index (Phi) is 2.64. The van der Waals surface area contributed by atoms with Gasteiger partial charge in [-0.3, -0.25) is 9.59 Å². The molecular weight excluding hydrogens is 180 g/mol. The standard InChI is InChI=1S/C10H16N2O2/c1-10(2,3)12-6-7(9(11)14)4-5-8(12)13/h6H,4-5H2,1-3H3,(H2,11,14). The Labute approximate surface area is 83.8 Å². The number of nitrogens with zero attached hydrogens (tertiary/aromatic N) is 1. The molecule has 0 radical (unpaired) electrons. The summed E-state index contributed by atoms with van der Waals surface area (Å²) in [6.07, 6.45) is 2.40. The fourth-order valence-corrected chi connectivity index (χ4v) is 1.41. The molecule has 1 aliphatic heterocycles. The van der Waals surface area contributed by atoms with Gasteiger partial charge in [-0.2, -0.15) is 0 Å². The van der Waals surface area contributed by atoms with Crippen LogP contribution < -0.4 is 5.73 Å². The largest absolute Gasteiger partial charge is 0.366 e. The summed E-state index contributed by atoms with van der Waals surface area (Å²) in [7, 11) is 0. The van der Waals surface area contributed by atoms with Crippen molar-refractivity contribution in [1.29, 1.82) is 0 Å². The van der Waals surface area contributed by atoms with E-state index in [0.717, 1.165) is 0 Å². The zero-order chi connectivity index (χ0) is 10.9. The number of amides is 2. The first-order valence-electron chi connectivity index (χ1n) is 4.65. The minimum atomic E-state index is -0.438. The molecule has 0 atom stereocenters. The Bertz CT molecular complexity index is 300. The van der Waals surface area contributed by atoms with Crippen molar-refractivity contribution in [2.75, 3.05) is 0 Å². The maximum atomic E-state index is 11.5. The number of carbonyl (C=O) groups excluding carboxylic acids is 2. The third kappa shape index (κ3) is 2.13. The molecule has 4 heteroatoms. The van der Waals surface area contributed by atoms with Gasteiger partial charge in [0.2, 0.25) is 11.8 Å². The first-order valence-corrected chi connectivity index (χ1v) is 4.65. The van der Waals surface area contributed by atoms with Crippen LogP contribution in [0, 0.1) is 0 Å². The SMILES string of the molecule is CC(C)(C)N1C=C(C(N)=O)CCC1=O. The Morgan fingerprint density at radius 1 is 1.43 bits per heavy atom. The quantitative estimate of drug-likeness (QED) is 0.673. The summed E-state index contributed by atoms with van der Waals surface area (Å²) >= 11 is 0. The van der Waals surface area contributed by atoms with Gasteiger partial charge in [0.1, 0.15) is 0 Å². The van der Waals surface area contributed by atoms with E-state index >= 15 is 0 Å². The van der Waals surface area contributed by atoms with E-state index in [9.17, 15) is 9.59 Å². The summed E-state index contributed by atoms with van der Waals surface area (Å²) in [6.45, 7) is 5.77. The molecule has 0 aromatic carbocycles. The van der Waals surface area contributed by atoms with Crippen molar-refractivity contribution in [3.8, 4) is 0 Å². The average molecular weight is 196 g/mol. The number of carbonyl (C=O) groups is 2. The molecule has 0 fully saturated rings. The van der Waals surface area contributed by atoms with Gasteiger partial charge in [0.25, 0.3) is 0 Å². The van der Waals surface area contributed by atoms with Crippen molar-refractivity contribution in [3.63, 3.8) is 0 Å². The lowest BCUT2D eigenvalue weighted by molar-refractivity contribution is -0.133. The average Bonchev–Trinajstić information content (AvgIpc) is 2.02. The summed E-state index contributed by atoms with van der Waals surface area (Å²) in [5.41, 5.74) is 5.41. The number of hydrogen-bond donors (Lipinski definition) is 1. The van der Waals surface area contributed by atoms with Crippen molar-refractivity contribution >= 4 is 11.8 Å². The zero-order valence-electron chi connectivity index (χ0n) is 8.83. The maximum absolute atomic E-state index is 11.5. The van der Waals surface area contributed by atoms with Crippen molar-refractivity contribution < 1.29 is 9.59 Å². The summed E-state index contributed by atoms with van der Waals surface area (Å²) < 4.78 is 0. The number of hydrogen-bond acceptors (Lipinski definition) is 2. The molecule has 4 nitrogen and oxygen atoms in total. The summed E-state index contributed by atoms with van der Waals surface area (Å²) in [5, 5.41) is 0. The topological polar surface area (TPSA) is 63.4 Å². The Morgan fingerprint density at radius 2 is 2.00 bits per heavy atom. The highest BCUT2D eigenvalue weighted by Gasteiger charge is 2.29. The summed E-state index contributed by atoms with van der Waals surface area (Å²) in [5.74, 6) is -0.394. The minimum Gasteiger partial charge on any atom is -0.366 e. The molecule has 78 valence electrons. The lowest BCUT2D eigenvalue weighted by Crippen LogP contribution is -2.44. The van der Waals surface area contributed by atoms with E-state index in [0.29, 0.717) is 18.4 Å². The molecule has 1 rings (SSSR count). The molecular formula is C10H16N2O2. The number of nitrogens with two attached hydrogens (primary N) is 1. The van der Waals surface area contributed by atoms with Gasteiger partial charge in [-0.15, -0.1) is 0 Å². The van der Waals surface area contributed by atoms with Crippen molar-refractivity contribution in [2.45, 2.75) is 39.2 Å². The first-order chi connectivity index (χ1) is 6.32. The number of rotatable bonds is 1. The van der Waals surface area contributed by atoms with Crippen LogP contribution in [0.2, 0.25) is 0 Å². The normalized spacial score (nSPS) is 18.1. The van der Waals surface area contributed by atoms with Crippen LogP contribution in [-0.4, -0.2) is 22.3 Å². The third-order valence-corrected chi connectivity index (χ3v) is 2.20.